The van der Waals surface area contributed by atoms with Crippen molar-refractivity contribution in [1.82, 2.24) is 9.55 Å². The zero-order chi connectivity index (χ0) is 28.8. The van der Waals surface area contributed by atoms with Crippen LogP contribution in [0.15, 0.2) is 59.9 Å². The summed E-state index contributed by atoms with van der Waals surface area (Å²) < 4.78 is 12.7. The van der Waals surface area contributed by atoms with Gasteiger partial charge in [-0.05, 0) is 90.3 Å². The number of aliphatic hydroxyl groups excluding tert-OH is 1. The van der Waals surface area contributed by atoms with Crippen molar-refractivity contribution in [2.24, 2.45) is 0 Å². The number of morpholine rings is 1. The van der Waals surface area contributed by atoms with E-state index < -0.39 is 6.10 Å². The number of hydrogen-bond donors (Lipinski definition) is 1. The molecule has 0 bridgehead atoms. The maximum Gasteiger partial charge on any atom is 0.257 e. The molecule has 7 nitrogen and oxygen atoms in total. The molecule has 0 spiro atoms. The molecular formula is C35H37N3O4. The first kappa shape index (κ1) is 27.1. The highest BCUT2D eigenvalue weighted by Crippen LogP contribution is 2.39. The smallest absolute Gasteiger partial charge is 0.257 e. The monoisotopic (exact) mass is 563 g/mol. The summed E-state index contributed by atoms with van der Waals surface area (Å²) in [5.74, 6) is 0. The quantitative estimate of drug-likeness (QED) is 0.271. The Labute approximate surface area is 246 Å². The minimum Gasteiger partial charge on any atom is -0.384 e. The largest absolute Gasteiger partial charge is 0.384 e. The van der Waals surface area contributed by atoms with Crippen molar-refractivity contribution in [1.29, 1.82) is 0 Å². The number of fused-ring (bicyclic) bond motifs is 5. The number of nitrogens with zero attached hydrogens (tertiary/aromatic N) is 3. The van der Waals surface area contributed by atoms with Gasteiger partial charge in [-0.2, -0.15) is 0 Å². The summed E-state index contributed by atoms with van der Waals surface area (Å²) in [6.07, 6.45) is 5.60. The number of aliphatic hydroxyl groups is 1. The second kappa shape index (κ2) is 11.1. The first-order chi connectivity index (χ1) is 20.6. The van der Waals surface area contributed by atoms with Gasteiger partial charge in [-0.1, -0.05) is 18.2 Å². The summed E-state index contributed by atoms with van der Waals surface area (Å²) >= 11 is 0. The first-order valence-electron chi connectivity index (χ1n) is 15.0. The van der Waals surface area contributed by atoms with Crippen molar-refractivity contribution in [3.05, 3.63) is 104 Å². The fourth-order valence-corrected chi connectivity index (χ4v) is 7.01. The number of aromatic nitrogens is 2. The van der Waals surface area contributed by atoms with E-state index in [2.05, 4.69) is 47.9 Å². The van der Waals surface area contributed by atoms with Crippen LogP contribution in [0.5, 0.6) is 0 Å². The highest BCUT2D eigenvalue weighted by Gasteiger charge is 2.30. The molecule has 0 saturated carbocycles. The molecule has 2 aromatic carbocycles. The van der Waals surface area contributed by atoms with Crippen molar-refractivity contribution in [2.45, 2.75) is 51.4 Å². The molecule has 42 heavy (non-hydrogen) atoms. The Kier molecular flexibility index (Phi) is 7.18. The molecule has 1 fully saturated rings. The van der Waals surface area contributed by atoms with Crippen LogP contribution in [-0.4, -0.2) is 48.1 Å². The second-order valence-electron chi connectivity index (χ2n) is 11.6. The lowest BCUT2D eigenvalue weighted by Gasteiger charge is -2.29. The summed E-state index contributed by atoms with van der Waals surface area (Å²) in [5, 5.41) is 11.9. The van der Waals surface area contributed by atoms with Crippen LogP contribution in [0, 0.1) is 0 Å². The van der Waals surface area contributed by atoms with Crippen LogP contribution >= 0.6 is 0 Å². The van der Waals surface area contributed by atoms with E-state index in [1.807, 2.05) is 6.07 Å². The summed E-state index contributed by atoms with van der Waals surface area (Å²) in [7, 11) is 1.57. The van der Waals surface area contributed by atoms with Gasteiger partial charge in [-0.25, -0.2) is 4.98 Å². The third-order valence-electron chi connectivity index (χ3n) is 9.19. The van der Waals surface area contributed by atoms with Crippen molar-refractivity contribution < 1.29 is 14.6 Å². The molecule has 1 saturated heterocycles. The second-order valence-corrected chi connectivity index (χ2v) is 11.6. The molecule has 1 aliphatic carbocycles. The lowest BCUT2D eigenvalue weighted by molar-refractivity contribution is 0.122. The lowest BCUT2D eigenvalue weighted by Crippen LogP contribution is -2.36. The Balaban J connectivity index is 1.33. The Morgan fingerprint density at radius 3 is 2.69 bits per heavy atom. The van der Waals surface area contributed by atoms with Crippen LogP contribution in [-0.2, 0) is 48.3 Å². The third kappa shape index (κ3) is 4.66. The Hall–Kier alpha value is -3.78. The van der Waals surface area contributed by atoms with Crippen LogP contribution in [0.25, 0.3) is 22.3 Å². The van der Waals surface area contributed by atoms with Crippen LogP contribution in [0.3, 0.4) is 0 Å². The van der Waals surface area contributed by atoms with Crippen molar-refractivity contribution >= 4 is 16.6 Å². The van der Waals surface area contributed by atoms with Gasteiger partial charge in [0.2, 0.25) is 0 Å². The van der Waals surface area contributed by atoms with Gasteiger partial charge in [0.25, 0.3) is 5.56 Å². The average molecular weight is 564 g/mol. The summed E-state index contributed by atoms with van der Waals surface area (Å²) in [4.78, 5) is 21.4. The molecule has 216 valence electrons. The van der Waals surface area contributed by atoms with E-state index in [9.17, 15) is 9.90 Å². The van der Waals surface area contributed by atoms with Crippen molar-refractivity contribution in [3.63, 3.8) is 0 Å². The number of aryl methyl sites for hydroxylation is 4. The summed E-state index contributed by atoms with van der Waals surface area (Å²) in [5.41, 5.74) is 11.2. The molecule has 2 aromatic heterocycles. The van der Waals surface area contributed by atoms with Gasteiger partial charge in [0.1, 0.15) is 0 Å². The lowest BCUT2D eigenvalue weighted by atomic mass is 9.93. The minimum absolute atomic E-state index is 0.129. The zero-order valence-electron chi connectivity index (χ0n) is 24.2. The van der Waals surface area contributed by atoms with Crippen LogP contribution in [0.2, 0.25) is 0 Å². The van der Waals surface area contributed by atoms with Crippen molar-refractivity contribution in [3.8, 4) is 11.4 Å². The zero-order valence-corrected chi connectivity index (χ0v) is 24.2. The van der Waals surface area contributed by atoms with Crippen LogP contribution in [0.1, 0.15) is 51.5 Å². The molecule has 1 unspecified atom stereocenters. The molecule has 1 atom stereocenters. The fraction of sp³-hybridized carbons (Fsp3) is 0.371. The summed E-state index contributed by atoms with van der Waals surface area (Å²) in [6.45, 7) is 7.71. The van der Waals surface area contributed by atoms with Gasteiger partial charge >= 0.3 is 0 Å². The highest BCUT2D eigenvalue weighted by atomic mass is 16.5. The van der Waals surface area contributed by atoms with E-state index in [0.717, 1.165) is 74.5 Å². The highest BCUT2D eigenvalue weighted by molar-refractivity contribution is 5.89. The van der Waals surface area contributed by atoms with Crippen molar-refractivity contribution in [2.75, 3.05) is 38.3 Å². The number of methoxy groups -OCH3 is 1. The van der Waals surface area contributed by atoms with Crippen LogP contribution in [0.4, 0.5) is 5.69 Å². The SMILES string of the molecule is C=CC(O)c1cc2n(c(=O)c1COC)Cc1c-2nc2cc3c(cc2c1CCc1cccc(N2CCOCC2)c1)CCC3. The number of ether oxygens (including phenoxy) is 2. The van der Waals surface area contributed by atoms with Gasteiger partial charge in [-0.3, -0.25) is 4.79 Å². The van der Waals surface area contributed by atoms with Crippen LogP contribution < -0.4 is 10.5 Å². The number of benzene rings is 2. The molecule has 7 heteroatoms. The molecule has 4 aromatic rings. The Bertz CT molecular complexity index is 1750. The normalized spacial score (nSPS) is 16.4. The van der Waals surface area contributed by atoms with Gasteiger partial charge in [0, 0.05) is 42.4 Å². The average Bonchev–Trinajstić information content (AvgIpc) is 3.64. The number of anilines is 1. The molecule has 3 aliphatic rings. The molecule has 7 rings (SSSR count). The Morgan fingerprint density at radius 2 is 1.90 bits per heavy atom. The minimum atomic E-state index is -0.959. The molecular weight excluding hydrogens is 526 g/mol. The summed E-state index contributed by atoms with van der Waals surface area (Å²) in [6, 6.07) is 15.4. The topological polar surface area (TPSA) is 76.8 Å². The maximum absolute atomic E-state index is 13.8. The fourth-order valence-electron chi connectivity index (χ4n) is 7.01. The van der Waals surface area contributed by atoms with Gasteiger partial charge in [-0.15, -0.1) is 6.58 Å². The van der Waals surface area contributed by atoms with Gasteiger partial charge in [0.15, 0.2) is 0 Å². The van der Waals surface area contributed by atoms with Gasteiger partial charge < -0.3 is 24.0 Å². The number of pyridine rings is 2. The maximum atomic E-state index is 13.8. The third-order valence-corrected chi connectivity index (χ3v) is 9.19. The Morgan fingerprint density at radius 1 is 1.10 bits per heavy atom. The molecule has 1 N–H and O–H groups in total. The predicted molar refractivity (Wildman–Crippen MR) is 165 cm³/mol. The molecule has 4 heterocycles. The van der Waals surface area contributed by atoms with E-state index in [1.165, 1.54) is 45.8 Å². The number of hydrogen-bond acceptors (Lipinski definition) is 6. The van der Waals surface area contributed by atoms with E-state index in [1.54, 1.807) is 11.7 Å². The molecule has 0 amide bonds. The predicted octanol–water partition coefficient (Wildman–Crippen LogP) is 4.90. The van der Waals surface area contributed by atoms with E-state index in [0.29, 0.717) is 17.7 Å². The van der Waals surface area contributed by atoms with E-state index in [-0.39, 0.29) is 12.2 Å². The molecule has 2 aliphatic heterocycles. The standard InChI is InChI=1S/C35H37N3O4/c1-3-33(39)28-19-32-34-29(20-38(32)35(40)30(28)21-41-2)26(27-17-23-7-5-8-24(23)18-31(27)36-34)11-10-22-6-4-9-25(16-22)37-12-14-42-15-13-37/h3-4,6,9,16-19,33,39H,1,5,7-8,10-15,20-21H2,2H3. The van der Waals surface area contributed by atoms with E-state index in [4.69, 9.17) is 14.5 Å². The number of rotatable bonds is 8. The first-order valence-corrected chi connectivity index (χ1v) is 15.0. The van der Waals surface area contributed by atoms with E-state index >= 15 is 0 Å². The molecule has 0 radical (unpaired) electrons. The van der Waals surface area contributed by atoms with Gasteiger partial charge in [0.05, 0.1) is 49.4 Å².